The van der Waals surface area contributed by atoms with Gasteiger partial charge in [-0.2, -0.15) is 13.2 Å². The van der Waals surface area contributed by atoms with Gasteiger partial charge in [-0.3, -0.25) is 4.79 Å². The number of likely N-dealkylation sites (N-methyl/N-ethyl adjacent to an activating group) is 1. The SMILES string of the molecule is COCCNC(=NCc1cccc(COCC(F)(F)F)c1)NCC(=O)N(C)C.I. The lowest BCUT2D eigenvalue weighted by Crippen LogP contribution is -2.43. The number of carbonyl (C=O) groups is 1. The predicted octanol–water partition coefficient (Wildman–Crippen LogP) is 2.15. The van der Waals surface area contributed by atoms with Gasteiger partial charge in [-0.15, -0.1) is 24.0 Å². The highest BCUT2D eigenvalue weighted by molar-refractivity contribution is 14.0. The fourth-order valence-electron chi connectivity index (χ4n) is 2.04. The molecule has 166 valence electrons. The number of nitrogens with zero attached hydrogens (tertiary/aromatic N) is 2. The van der Waals surface area contributed by atoms with E-state index in [9.17, 15) is 18.0 Å². The molecule has 1 amide bonds. The number of aliphatic imine (C=N–C) groups is 1. The van der Waals surface area contributed by atoms with Crippen molar-refractivity contribution >= 4 is 35.8 Å². The Bertz CT molecular complexity index is 643. The molecule has 7 nitrogen and oxygen atoms in total. The summed E-state index contributed by atoms with van der Waals surface area (Å²) in [4.78, 5) is 17.6. The van der Waals surface area contributed by atoms with Gasteiger partial charge < -0.3 is 25.0 Å². The molecule has 1 aromatic rings. The van der Waals surface area contributed by atoms with Crippen molar-refractivity contribution in [2.45, 2.75) is 19.3 Å². The number of halogens is 4. The van der Waals surface area contributed by atoms with Crippen molar-refractivity contribution < 1.29 is 27.4 Å². The zero-order valence-electron chi connectivity index (χ0n) is 16.7. The van der Waals surface area contributed by atoms with Gasteiger partial charge in [0.05, 0.1) is 26.3 Å². The number of carbonyl (C=O) groups excluding carboxylic acids is 1. The van der Waals surface area contributed by atoms with Crippen LogP contribution in [0.1, 0.15) is 11.1 Å². The van der Waals surface area contributed by atoms with Crippen LogP contribution in [0.5, 0.6) is 0 Å². The molecule has 0 unspecified atom stereocenters. The first-order valence-corrected chi connectivity index (χ1v) is 8.65. The van der Waals surface area contributed by atoms with E-state index in [1.54, 1.807) is 39.4 Å². The van der Waals surface area contributed by atoms with Crippen molar-refractivity contribution in [2.75, 3.05) is 47.5 Å². The number of hydrogen-bond acceptors (Lipinski definition) is 4. The number of ether oxygens (including phenoxy) is 2. The van der Waals surface area contributed by atoms with E-state index in [1.807, 2.05) is 6.07 Å². The number of hydrogen-bond donors (Lipinski definition) is 2. The van der Waals surface area contributed by atoms with E-state index >= 15 is 0 Å². The van der Waals surface area contributed by atoms with Crippen LogP contribution >= 0.6 is 24.0 Å². The standard InChI is InChI=1S/C18H27F3N4O3.HI/c1-25(2)16(26)11-24-17(22-7-8-27-3)23-10-14-5-4-6-15(9-14)12-28-13-18(19,20)21;/h4-6,9H,7-8,10-13H2,1-3H3,(H2,22,23,24);1H. The summed E-state index contributed by atoms with van der Waals surface area (Å²) < 4.78 is 46.1. The summed E-state index contributed by atoms with van der Waals surface area (Å²) >= 11 is 0. The molecule has 0 heterocycles. The van der Waals surface area contributed by atoms with E-state index in [4.69, 9.17) is 4.74 Å². The molecule has 0 saturated carbocycles. The Hall–Kier alpha value is -1.60. The molecule has 0 fully saturated rings. The lowest BCUT2D eigenvalue weighted by molar-refractivity contribution is -0.176. The summed E-state index contributed by atoms with van der Waals surface area (Å²) in [6.45, 7) is -0.0841. The molecule has 0 radical (unpaired) electrons. The molecular weight excluding hydrogens is 504 g/mol. The fourth-order valence-corrected chi connectivity index (χ4v) is 2.04. The second kappa shape index (κ2) is 14.4. The van der Waals surface area contributed by atoms with Crippen LogP contribution in [0.15, 0.2) is 29.3 Å². The molecule has 1 rings (SSSR count). The molecular formula is C18H28F3IN4O3. The zero-order chi connectivity index (χ0) is 21.0. The van der Waals surface area contributed by atoms with Gasteiger partial charge in [0.15, 0.2) is 5.96 Å². The summed E-state index contributed by atoms with van der Waals surface area (Å²) in [6.07, 6.45) is -4.35. The van der Waals surface area contributed by atoms with Gasteiger partial charge in [-0.1, -0.05) is 24.3 Å². The molecule has 0 bridgehead atoms. The molecule has 11 heteroatoms. The van der Waals surface area contributed by atoms with Gasteiger partial charge >= 0.3 is 6.18 Å². The molecule has 0 atom stereocenters. The highest BCUT2D eigenvalue weighted by Gasteiger charge is 2.27. The fraction of sp³-hybridized carbons (Fsp3) is 0.556. The molecule has 2 N–H and O–H groups in total. The van der Waals surface area contributed by atoms with E-state index in [2.05, 4.69) is 20.4 Å². The molecule has 0 aromatic heterocycles. The summed E-state index contributed by atoms with van der Waals surface area (Å²) in [6, 6.07) is 6.97. The predicted molar refractivity (Wildman–Crippen MR) is 115 cm³/mol. The number of methoxy groups -OCH3 is 1. The first-order chi connectivity index (χ1) is 13.2. The lowest BCUT2D eigenvalue weighted by atomic mass is 10.1. The van der Waals surface area contributed by atoms with Crippen LogP contribution in [0.3, 0.4) is 0 Å². The highest BCUT2D eigenvalue weighted by Crippen LogP contribution is 2.16. The van der Waals surface area contributed by atoms with Crippen molar-refractivity contribution in [3.05, 3.63) is 35.4 Å². The van der Waals surface area contributed by atoms with Crippen LogP contribution in [0.4, 0.5) is 13.2 Å². The maximum Gasteiger partial charge on any atom is 0.411 e. The van der Waals surface area contributed by atoms with Crippen molar-refractivity contribution in [2.24, 2.45) is 4.99 Å². The number of alkyl halides is 3. The monoisotopic (exact) mass is 532 g/mol. The Morgan fingerprint density at radius 1 is 1.21 bits per heavy atom. The average Bonchev–Trinajstić information content (AvgIpc) is 2.62. The number of amides is 1. The maximum atomic E-state index is 12.2. The quantitative estimate of drug-likeness (QED) is 0.209. The van der Waals surface area contributed by atoms with Crippen LogP contribution in [0, 0.1) is 0 Å². The van der Waals surface area contributed by atoms with Crippen molar-refractivity contribution in [1.29, 1.82) is 0 Å². The Morgan fingerprint density at radius 2 is 1.90 bits per heavy atom. The average molecular weight is 532 g/mol. The van der Waals surface area contributed by atoms with Gasteiger partial charge in [0.25, 0.3) is 0 Å². The Morgan fingerprint density at radius 3 is 2.52 bits per heavy atom. The summed E-state index contributed by atoms with van der Waals surface area (Å²) in [7, 11) is 4.89. The van der Waals surface area contributed by atoms with E-state index in [0.717, 1.165) is 5.56 Å². The van der Waals surface area contributed by atoms with Gasteiger partial charge in [-0.25, -0.2) is 4.99 Å². The van der Waals surface area contributed by atoms with E-state index in [-0.39, 0.29) is 49.6 Å². The summed E-state index contributed by atoms with van der Waals surface area (Å²) in [5.74, 6) is 0.330. The third-order valence-corrected chi connectivity index (χ3v) is 3.45. The molecule has 0 saturated heterocycles. The van der Waals surface area contributed by atoms with Crippen LogP contribution in [0.25, 0.3) is 0 Å². The third-order valence-electron chi connectivity index (χ3n) is 3.45. The zero-order valence-corrected chi connectivity index (χ0v) is 19.0. The van der Waals surface area contributed by atoms with Gasteiger partial charge in [0.1, 0.15) is 6.61 Å². The van der Waals surface area contributed by atoms with Crippen LogP contribution in [-0.2, 0) is 27.4 Å². The largest absolute Gasteiger partial charge is 0.411 e. The third kappa shape index (κ3) is 13.3. The van der Waals surface area contributed by atoms with Gasteiger partial charge in [0.2, 0.25) is 5.91 Å². The molecule has 0 aliphatic rings. The van der Waals surface area contributed by atoms with Crippen LogP contribution < -0.4 is 10.6 Å². The first kappa shape index (κ1) is 27.4. The second-order valence-corrected chi connectivity index (χ2v) is 6.15. The number of benzene rings is 1. The smallest absolute Gasteiger partial charge is 0.383 e. The molecule has 0 aliphatic carbocycles. The van der Waals surface area contributed by atoms with Crippen molar-refractivity contribution in [3.8, 4) is 0 Å². The van der Waals surface area contributed by atoms with Crippen LogP contribution in [-0.4, -0.2) is 70.5 Å². The topological polar surface area (TPSA) is 75.2 Å². The van der Waals surface area contributed by atoms with Gasteiger partial charge in [0, 0.05) is 27.7 Å². The molecule has 0 spiro atoms. The number of rotatable bonds is 10. The summed E-state index contributed by atoms with van der Waals surface area (Å²) in [5, 5.41) is 5.98. The maximum absolute atomic E-state index is 12.2. The molecule has 0 aliphatic heterocycles. The van der Waals surface area contributed by atoms with E-state index < -0.39 is 12.8 Å². The molecule has 29 heavy (non-hydrogen) atoms. The van der Waals surface area contributed by atoms with Gasteiger partial charge in [-0.05, 0) is 11.1 Å². The lowest BCUT2D eigenvalue weighted by Gasteiger charge is -2.15. The van der Waals surface area contributed by atoms with E-state index in [1.165, 1.54) is 4.90 Å². The van der Waals surface area contributed by atoms with Crippen molar-refractivity contribution in [3.63, 3.8) is 0 Å². The first-order valence-electron chi connectivity index (χ1n) is 8.65. The second-order valence-electron chi connectivity index (χ2n) is 6.15. The minimum Gasteiger partial charge on any atom is -0.383 e. The molecule has 1 aromatic carbocycles. The number of guanidine groups is 1. The highest BCUT2D eigenvalue weighted by atomic mass is 127. The summed E-state index contributed by atoms with van der Waals surface area (Å²) in [5.41, 5.74) is 1.43. The minimum atomic E-state index is -4.35. The Labute approximate surface area is 186 Å². The van der Waals surface area contributed by atoms with Crippen molar-refractivity contribution in [1.82, 2.24) is 15.5 Å². The number of nitrogens with one attached hydrogen (secondary N) is 2. The normalized spacial score (nSPS) is 11.6. The Kier molecular flexibility index (Phi) is 13.6. The van der Waals surface area contributed by atoms with E-state index in [0.29, 0.717) is 24.7 Å². The minimum absolute atomic E-state index is 0. The van der Waals surface area contributed by atoms with Crippen LogP contribution in [0.2, 0.25) is 0 Å². The Balaban J connectivity index is 0.00000784.